The number of rotatable bonds is 11. The normalized spacial score (nSPS) is 23.1. The Balaban J connectivity index is 1.48. The number of halogens is 2. The number of aliphatic hydroxyl groups is 1. The van der Waals surface area contributed by atoms with Crippen LogP contribution in [0.15, 0.2) is 12.3 Å². The van der Waals surface area contributed by atoms with E-state index in [0.717, 1.165) is 56.1 Å². The van der Waals surface area contributed by atoms with Crippen molar-refractivity contribution in [3.05, 3.63) is 23.4 Å². The van der Waals surface area contributed by atoms with Crippen LogP contribution >= 0.6 is 0 Å². The number of amides is 1. The molecule has 3 atom stereocenters. The number of carbonyl (C=O) groups excluding carboxylic acids is 1. The Morgan fingerprint density at radius 3 is 2.68 bits per heavy atom. The fourth-order valence-corrected chi connectivity index (χ4v) is 5.47. The summed E-state index contributed by atoms with van der Waals surface area (Å²) in [4.78, 5) is 16.3. The smallest absolute Gasteiger partial charge is 0.239 e. The molecule has 1 aliphatic heterocycles. The van der Waals surface area contributed by atoms with Crippen molar-refractivity contribution in [2.75, 3.05) is 6.54 Å². The molecule has 3 aliphatic rings. The summed E-state index contributed by atoms with van der Waals surface area (Å²) in [6, 6.07) is 1.71. The second-order valence-corrected chi connectivity index (χ2v) is 11.5. The Hall–Kier alpha value is -1.80. The van der Waals surface area contributed by atoms with Gasteiger partial charge in [-0.3, -0.25) is 4.79 Å². The minimum absolute atomic E-state index is 0.0525. The minimum Gasteiger partial charge on any atom is -0.471 e. The fraction of sp³-hybridized carbons (Fsp3) is 0.769. The van der Waals surface area contributed by atoms with Crippen LogP contribution in [0.1, 0.15) is 89.3 Å². The van der Waals surface area contributed by atoms with Gasteiger partial charge in [0.25, 0.3) is 0 Å². The lowest BCUT2D eigenvalue weighted by atomic mass is 9.73. The molecule has 0 unspecified atom stereocenters. The number of aliphatic hydroxyl groups excluding tert-OH is 1. The molecule has 2 saturated carbocycles. The Morgan fingerprint density at radius 1 is 1.35 bits per heavy atom. The van der Waals surface area contributed by atoms with Crippen LogP contribution in [-0.2, 0) is 11.2 Å². The zero-order valence-electron chi connectivity index (χ0n) is 20.6. The highest BCUT2D eigenvalue weighted by Gasteiger charge is 2.46. The Kier molecular flexibility index (Phi) is 7.48. The zero-order valence-corrected chi connectivity index (χ0v) is 20.6. The SMILES string of the molecule is CC(=O)N[C@@H](CC1CC1)[C@@H](O)CN[C@H]1CC2(CCC2)Oc2ncc(CC(C)(C)CC(F)F)cc21. The number of aromatic nitrogens is 1. The van der Waals surface area contributed by atoms with E-state index in [1.165, 1.54) is 6.92 Å². The van der Waals surface area contributed by atoms with Gasteiger partial charge in [-0.25, -0.2) is 13.8 Å². The van der Waals surface area contributed by atoms with E-state index in [-0.39, 0.29) is 30.0 Å². The maximum atomic E-state index is 13.0. The summed E-state index contributed by atoms with van der Waals surface area (Å²) in [7, 11) is 0. The van der Waals surface area contributed by atoms with E-state index in [9.17, 15) is 18.7 Å². The molecule has 0 saturated heterocycles. The summed E-state index contributed by atoms with van der Waals surface area (Å²) in [5, 5.41) is 17.4. The molecule has 1 aromatic heterocycles. The van der Waals surface area contributed by atoms with Crippen molar-refractivity contribution in [3.8, 4) is 5.88 Å². The van der Waals surface area contributed by atoms with Crippen LogP contribution in [0.25, 0.3) is 0 Å². The van der Waals surface area contributed by atoms with Crippen LogP contribution in [0, 0.1) is 11.3 Å². The molecule has 0 bridgehead atoms. The monoisotopic (exact) mass is 479 g/mol. The average molecular weight is 480 g/mol. The maximum Gasteiger partial charge on any atom is 0.239 e. The number of hydrogen-bond donors (Lipinski definition) is 3. The van der Waals surface area contributed by atoms with E-state index in [0.29, 0.717) is 24.8 Å². The van der Waals surface area contributed by atoms with Gasteiger partial charge in [0.15, 0.2) is 0 Å². The van der Waals surface area contributed by atoms with Crippen LogP contribution in [0.2, 0.25) is 0 Å². The Bertz CT molecular complexity index is 871. The van der Waals surface area contributed by atoms with Gasteiger partial charge in [0, 0.05) is 44.1 Å². The highest BCUT2D eigenvalue weighted by molar-refractivity contribution is 5.73. The van der Waals surface area contributed by atoms with Crippen LogP contribution in [0.3, 0.4) is 0 Å². The first kappa shape index (κ1) is 25.3. The third-order valence-electron chi connectivity index (χ3n) is 7.57. The molecule has 8 heteroatoms. The van der Waals surface area contributed by atoms with Gasteiger partial charge < -0.3 is 20.5 Å². The third-order valence-corrected chi connectivity index (χ3v) is 7.57. The number of nitrogens with zero attached hydrogens (tertiary/aromatic N) is 1. The number of pyridine rings is 1. The highest BCUT2D eigenvalue weighted by atomic mass is 19.3. The van der Waals surface area contributed by atoms with Crippen LogP contribution in [0.5, 0.6) is 5.88 Å². The Labute approximate surface area is 201 Å². The van der Waals surface area contributed by atoms with Crippen molar-refractivity contribution in [3.63, 3.8) is 0 Å². The third kappa shape index (κ3) is 6.45. The highest BCUT2D eigenvalue weighted by Crippen LogP contribution is 2.48. The summed E-state index contributed by atoms with van der Waals surface area (Å²) in [5.74, 6) is 1.05. The van der Waals surface area contributed by atoms with Crippen LogP contribution in [-0.4, -0.2) is 46.7 Å². The first-order valence-electron chi connectivity index (χ1n) is 12.7. The van der Waals surface area contributed by atoms with Crippen molar-refractivity contribution in [2.24, 2.45) is 11.3 Å². The number of ether oxygens (including phenoxy) is 1. The molecule has 0 aromatic carbocycles. The minimum atomic E-state index is -2.34. The zero-order chi connectivity index (χ0) is 24.5. The average Bonchev–Trinajstić information content (AvgIpc) is 3.52. The van der Waals surface area contributed by atoms with Crippen molar-refractivity contribution in [2.45, 2.75) is 109 Å². The lowest BCUT2D eigenvalue weighted by Crippen LogP contribution is -2.52. The van der Waals surface area contributed by atoms with Gasteiger partial charge in [-0.15, -0.1) is 0 Å². The van der Waals surface area contributed by atoms with Crippen molar-refractivity contribution in [1.82, 2.24) is 15.6 Å². The van der Waals surface area contributed by atoms with E-state index in [1.54, 1.807) is 6.20 Å². The van der Waals surface area contributed by atoms with E-state index in [2.05, 4.69) is 15.6 Å². The molecule has 2 aliphatic carbocycles. The second-order valence-electron chi connectivity index (χ2n) is 11.5. The molecule has 3 N–H and O–H groups in total. The quantitative estimate of drug-likeness (QED) is 0.441. The summed E-state index contributed by atoms with van der Waals surface area (Å²) in [6.07, 6.45) is 6.02. The molecule has 4 rings (SSSR count). The molecule has 1 aromatic rings. The topological polar surface area (TPSA) is 83.5 Å². The fourth-order valence-electron chi connectivity index (χ4n) is 5.47. The van der Waals surface area contributed by atoms with Crippen LogP contribution < -0.4 is 15.4 Å². The predicted octanol–water partition coefficient (Wildman–Crippen LogP) is 4.31. The molecule has 34 heavy (non-hydrogen) atoms. The standard InChI is InChI=1S/C26H39F2N3O3/c1-16(32)31-20(10-17-5-6-17)22(33)15-29-21-12-26(7-4-8-26)34-24-19(21)9-18(14-30-24)11-25(2,3)13-23(27)28/h9,14,17,20-23,29,33H,4-8,10-13,15H2,1-3H3,(H,31,32)/t20-,21-,22-/m0/s1. The van der Waals surface area contributed by atoms with Gasteiger partial charge in [-0.2, -0.15) is 0 Å². The molecule has 0 radical (unpaired) electrons. The number of fused-ring (bicyclic) bond motifs is 1. The van der Waals surface area contributed by atoms with Gasteiger partial charge in [-0.1, -0.05) is 26.7 Å². The molecular weight excluding hydrogens is 440 g/mol. The molecule has 1 amide bonds. The molecule has 2 heterocycles. The second kappa shape index (κ2) is 10.1. The molecule has 2 fully saturated rings. The van der Waals surface area contributed by atoms with Gasteiger partial charge in [-0.05, 0) is 55.1 Å². The summed E-state index contributed by atoms with van der Waals surface area (Å²) in [6.45, 7) is 5.54. The summed E-state index contributed by atoms with van der Waals surface area (Å²) >= 11 is 0. The van der Waals surface area contributed by atoms with E-state index in [4.69, 9.17) is 4.74 Å². The molecule has 1 spiro atoms. The van der Waals surface area contributed by atoms with Gasteiger partial charge in [0.2, 0.25) is 18.2 Å². The molecule has 6 nitrogen and oxygen atoms in total. The van der Waals surface area contributed by atoms with E-state index in [1.807, 2.05) is 19.9 Å². The number of nitrogens with one attached hydrogen (secondary N) is 2. The van der Waals surface area contributed by atoms with Gasteiger partial charge >= 0.3 is 0 Å². The molecular formula is C26H39F2N3O3. The van der Waals surface area contributed by atoms with E-state index < -0.39 is 17.9 Å². The predicted molar refractivity (Wildman–Crippen MR) is 126 cm³/mol. The Morgan fingerprint density at radius 2 is 2.09 bits per heavy atom. The van der Waals surface area contributed by atoms with E-state index >= 15 is 0 Å². The summed E-state index contributed by atoms with van der Waals surface area (Å²) in [5.41, 5.74) is 1.08. The molecule has 190 valence electrons. The largest absolute Gasteiger partial charge is 0.471 e. The van der Waals surface area contributed by atoms with Crippen molar-refractivity contribution < 1.29 is 23.4 Å². The van der Waals surface area contributed by atoms with Crippen molar-refractivity contribution in [1.29, 1.82) is 0 Å². The lowest BCUT2D eigenvalue weighted by Gasteiger charge is -2.47. The van der Waals surface area contributed by atoms with Gasteiger partial charge in [0.05, 0.1) is 12.1 Å². The number of hydrogen-bond acceptors (Lipinski definition) is 5. The summed E-state index contributed by atoms with van der Waals surface area (Å²) < 4.78 is 32.3. The maximum absolute atomic E-state index is 13.0. The van der Waals surface area contributed by atoms with Crippen LogP contribution in [0.4, 0.5) is 8.78 Å². The van der Waals surface area contributed by atoms with Gasteiger partial charge in [0.1, 0.15) is 5.60 Å². The number of alkyl halides is 2. The van der Waals surface area contributed by atoms with Crippen molar-refractivity contribution >= 4 is 5.91 Å². The first-order chi connectivity index (χ1) is 16.0. The lowest BCUT2D eigenvalue weighted by molar-refractivity contribution is -0.120. The number of carbonyl (C=O) groups is 1. The first-order valence-corrected chi connectivity index (χ1v) is 12.7.